The molecule has 5 nitrogen and oxygen atoms in total. The molecule has 4 N–H and O–H groups in total. The van der Waals surface area contributed by atoms with Gasteiger partial charge in [0.25, 0.3) is 0 Å². The summed E-state index contributed by atoms with van der Waals surface area (Å²) >= 11 is 0. The van der Waals surface area contributed by atoms with E-state index in [0.29, 0.717) is 6.42 Å². The Balaban J connectivity index is 3.62. The molecule has 3 atom stereocenters. The molecule has 0 aliphatic heterocycles. The molecule has 0 bridgehead atoms. The number of rotatable bonds is 40. The summed E-state index contributed by atoms with van der Waals surface area (Å²) in [6.45, 7) is 4.18. The SMILES string of the molecule is CCCCCCCCCCCC/C=C/C(O)C(CO)NC(=O)C(O)CCCCCCCCCC/C=C\CCCCCCCCCCCCCC. The molecule has 0 fully saturated rings. The van der Waals surface area contributed by atoms with Crippen molar-refractivity contribution in [1.29, 1.82) is 0 Å². The van der Waals surface area contributed by atoms with Gasteiger partial charge < -0.3 is 20.6 Å². The van der Waals surface area contributed by atoms with Gasteiger partial charge in [0, 0.05) is 0 Å². The first-order chi connectivity index (χ1) is 24.6. The lowest BCUT2D eigenvalue weighted by molar-refractivity contribution is -0.131. The summed E-state index contributed by atoms with van der Waals surface area (Å²) in [5.41, 5.74) is 0. The van der Waals surface area contributed by atoms with Gasteiger partial charge in [0.15, 0.2) is 0 Å². The van der Waals surface area contributed by atoms with Gasteiger partial charge in [-0.2, -0.15) is 0 Å². The summed E-state index contributed by atoms with van der Waals surface area (Å²) in [5.74, 6) is -0.505. The minimum Gasteiger partial charge on any atom is -0.394 e. The van der Waals surface area contributed by atoms with Crippen LogP contribution >= 0.6 is 0 Å². The van der Waals surface area contributed by atoms with Crippen LogP contribution in [0.4, 0.5) is 0 Å². The minimum absolute atomic E-state index is 0.363. The molecule has 0 saturated heterocycles. The van der Waals surface area contributed by atoms with Crippen LogP contribution in [0.25, 0.3) is 0 Å². The van der Waals surface area contributed by atoms with Crippen LogP contribution in [0.3, 0.4) is 0 Å². The molecule has 0 aromatic rings. The molecule has 0 saturated carbocycles. The third-order valence-electron chi connectivity index (χ3n) is 10.3. The zero-order valence-electron chi connectivity index (χ0n) is 33.5. The number of allylic oxidation sites excluding steroid dienone is 3. The Kier molecular flexibility index (Phi) is 39.6. The average molecular weight is 706 g/mol. The third-order valence-corrected chi connectivity index (χ3v) is 10.3. The van der Waals surface area contributed by atoms with Gasteiger partial charge in [0.2, 0.25) is 5.91 Å². The van der Waals surface area contributed by atoms with Gasteiger partial charge in [0.05, 0.1) is 18.8 Å². The van der Waals surface area contributed by atoms with Crippen molar-refractivity contribution in [3.8, 4) is 0 Å². The van der Waals surface area contributed by atoms with Gasteiger partial charge in [-0.3, -0.25) is 4.79 Å². The Hall–Kier alpha value is -1.17. The lowest BCUT2D eigenvalue weighted by atomic mass is 10.0. The van der Waals surface area contributed by atoms with Crippen LogP contribution in [0.5, 0.6) is 0 Å². The fourth-order valence-corrected chi connectivity index (χ4v) is 6.77. The zero-order chi connectivity index (χ0) is 36.6. The molecule has 0 aliphatic carbocycles. The van der Waals surface area contributed by atoms with Crippen molar-refractivity contribution in [2.24, 2.45) is 0 Å². The van der Waals surface area contributed by atoms with E-state index in [1.807, 2.05) is 6.08 Å². The molecule has 0 heterocycles. The predicted molar refractivity (Wildman–Crippen MR) is 218 cm³/mol. The van der Waals surface area contributed by atoms with Gasteiger partial charge in [-0.25, -0.2) is 0 Å². The van der Waals surface area contributed by atoms with Crippen LogP contribution in [-0.2, 0) is 4.79 Å². The maximum Gasteiger partial charge on any atom is 0.249 e. The van der Waals surface area contributed by atoms with Crippen molar-refractivity contribution in [2.75, 3.05) is 6.61 Å². The minimum atomic E-state index is -1.10. The van der Waals surface area contributed by atoms with E-state index in [0.717, 1.165) is 32.1 Å². The number of hydrogen-bond donors (Lipinski definition) is 4. The molecular formula is C45H87NO4. The third kappa shape index (κ3) is 35.2. The highest BCUT2D eigenvalue weighted by molar-refractivity contribution is 5.80. The first-order valence-corrected chi connectivity index (χ1v) is 22.2. The number of carbonyl (C=O) groups excluding carboxylic acids is 1. The van der Waals surface area contributed by atoms with Gasteiger partial charge in [-0.15, -0.1) is 0 Å². The van der Waals surface area contributed by atoms with E-state index in [-0.39, 0.29) is 6.61 Å². The normalized spacial score (nSPS) is 13.8. The fourth-order valence-electron chi connectivity index (χ4n) is 6.77. The Labute approximate surface area is 312 Å². The number of carbonyl (C=O) groups is 1. The quantitative estimate of drug-likeness (QED) is 0.0377. The van der Waals surface area contributed by atoms with Crippen molar-refractivity contribution in [3.05, 3.63) is 24.3 Å². The molecule has 0 aromatic heterocycles. The highest BCUT2D eigenvalue weighted by atomic mass is 16.3. The van der Waals surface area contributed by atoms with Gasteiger partial charge >= 0.3 is 0 Å². The van der Waals surface area contributed by atoms with E-state index in [9.17, 15) is 20.1 Å². The van der Waals surface area contributed by atoms with E-state index >= 15 is 0 Å². The van der Waals surface area contributed by atoms with Gasteiger partial charge in [0.1, 0.15) is 6.10 Å². The highest BCUT2D eigenvalue weighted by Crippen LogP contribution is 2.15. The topological polar surface area (TPSA) is 89.8 Å². The Morgan fingerprint density at radius 3 is 1.16 bits per heavy atom. The van der Waals surface area contributed by atoms with Crippen LogP contribution < -0.4 is 5.32 Å². The van der Waals surface area contributed by atoms with Crippen molar-refractivity contribution >= 4 is 5.91 Å². The second kappa shape index (κ2) is 40.6. The summed E-state index contributed by atoms with van der Waals surface area (Å²) in [4.78, 5) is 12.4. The molecule has 0 aliphatic rings. The monoisotopic (exact) mass is 706 g/mol. The fraction of sp³-hybridized carbons (Fsp3) is 0.889. The Bertz CT molecular complexity index is 739. The first-order valence-electron chi connectivity index (χ1n) is 22.2. The molecule has 5 heteroatoms. The smallest absolute Gasteiger partial charge is 0.249 e. The van der Waals surface area contributed by atoms with Crippen molar-refractivity contribution in [2.45, 2.75) is 250 Å². The highest BCUT2D eigenvalue weighted by Gasteiger charge is 2.22. The number of nitrogens with one attached hydrogen (secondary N) is 1. The molecule has 3 unspecified atom stereocenters. The van der Waals surface area contributed by atoms with Crippen molar-refractivity contribution < 1.29 is 20.1 Å². The molecule has 0 spiro atoms. The van der Waals surface area contributed by atoms with Crippen LogP contribution in [0.2, 0.25) is 0 Å². The molecule has 0 radical (unpaired) electrons. The summed E-state index contributed by atoms with van der Waals surface area (Å²) < 4.78 is 0. The van der Waals surface area contributed by atoms with Crippen LogP contribution in [0.15, 0.2) is 24.3 Å². The summed E-state index contributed by atoms with van der Waals surface area (Å²) in [6.07, 6.45) is 49.3. The van der Waals surface area contributed by atoms with Crippen molar-refractivity contribution in [3.63, 3.8) is 0 Å². The van der Waals surface area contributed by atoms with Gasteiger partial charge in [-0.1, -0.05) is 212 Å². The second-order valence-corrected chi connectivity index (χ2v) is 15.3. The van der Waals surface area contributed by atoms with E-state index in [1.165, 1.54) is 180 Å². The molecule has 1 amide bonds. The van der Waals surface area contributed by atoms with Crippen LogP contribution in [0, 0.1) is 0 Å². The number of aliphatic hydroxyl groups is 3. The number of unbranched alkanes of at least 4 members (excludes halogenated alkanes) is 30. The molecule has 50 heavy (non-hydrogen) atoms. The Morgan fingerprint density at radius 1 is 0.480 bits per heavy atom. The lowest BCUT2D eigenvalue weighted by Crippen LogP contribution is -2.48. The zero-order valence-corrected chi connectivity index (χ0v) is 33.5. The maximum absolute atomic E-state index is 12.4. The standard InChI is InChI=1S/C45H87NO4/c1-3-5-7-9-11-13-15-17-18-19-20-21-22-23-24-25-26-27-28-30-32-34-36-38-40-44(49)45(50)46-42(41-47)43(48)39-37-35-33-31-29-16-14-12-10-8-6-4-2/h23-24,37,39,42-44,47-49H,3-22,25-36,38,40-41H2,1-2H3,(H,46,50)/b24-23-,39-37+. The van der Waals surface area contributed by atoms with E-state index in [2.05, 4.69) is 31.3 Å². The summed E-state index contributed by atoms with van der Waals surface area (Å²) in [5, 5.41) is 33.1. The molecule has 0 rings (SSSR count). The van der Waals surface area contributed by atoms with E-state index in [4.69, 9.17) is 0 Å². The van der Waals surface area contributed by atoms with Crippen molar-refractivity contribution in [1.82, 2.24) is 5.32 Å². The lowest BCUT2D eigenvalue weighted by Gasteiger charge is -2.21. The van der Waals surface area contributed by atoms with E-state index < -0.39 is 24.2 Å². The molecule has 296 valence electrons. The Morgan fingerprint density at radius 2 is 0.800 bits per heavy atom. The first kappa shape index (κ1) is 48.8. The number of aliphatic hydroxyl groups excluding tert-OH is 3. The summed E-state index contributed by atoms with van der Waals surface area (Å²) in [6, 6.07) is -0.796. The predicted octanol–water partition coefficient (Wildman–Crippen LogP) is 12.6. The molecular weight excluding hydrogens is 618 g/mol. The maximum atomic E-state index is 12.4. The van der Waals surface area contributed by atoms with E-state index in [1.54, 1.807) is 6.08 Å². The van der Waals surface area contributed by atoms with Gasteiger partial charge in [-0.05, 0) is 44.9 Å². The number of hydrogen-bond acceptors (Lipinski definition) is 4. The average Bonchev–Trinajstić information content (AvgIpc) is 3.12. The number of amides is 1. The molecule has 0 aromatic carbocycles. The van der Waals surface area contributed by atoms with Crippen LogP contribution in [-0.4, -0.2) is 46.1 Å². The van der Waals surface area contributed by atoms with Crippen LogP contribution in [0.1, 0.15) is 232 Å². The summed E-state index contributed by atoms with van der Waals surface area (Å²) in [7, 11) is 0. The largest absolute Gasteiger partial charge is 0.394 e. The second-order valence-electron chi connectivity index (χ2n) is 15.3.